The van der Waals surface area contributed by atoms with Crippen LogP contribution in [0, 0.1) is 6.92 Å². The second-order valence-electron chi connectivity index (χ2n) is 7.95. The summed E-state index contributed by atoms with van der Waals surface area (Å²) in [5.41, 5.74) is 4.49. The summed E-state index contributed by atoms with van der Waals surface area (Å²) >= 11 is 0. The van der Waals surface area contributed by atoms with Crippen molar-refractivity contribution in [1.82, 2.24) is 19.3 Å². The number of aryl methyl sites for hydroxylation is 1. The molecule has 5 rings (SSSR count). The molecule has 0 atom stereocenters. The van der Waals surface area contributed by atoms with Gasteiger partial charge in [0, 0.05) is 36.4 Å². The number of rotatable bonds is 5. The standard InChI is InChI=1S/C24H23N5O3S/c1-16-11-22(32-2)24(27-13-16)33(30,31)29-10-8-20-18(15-29)7-9-25-23(20)28-19-12-17-5-3-4-6-21(17)26-14-19/h3-7,9,11-14H,8,10,15H2,1-2H3,(H,25,28). The Balaban J connectivity index is 1.43. The number of aromatic nitrogens is 3. The molecule has 1 aromatic carbocycles. The molecular weight excluding hydrogens is 438 g/mol. The summed E-state index contributed by atoms with van der Waals surface area (Å²) in [7, 11) is -2.36. The van der Waals surface area contributed by atoms with Crippen LogP contribution >= 0.6 is 0 Å². The lowest BCUT2D eigenvalue weighted by Crippen LogP contribution is -2.37. The zero-order valence-electron chi connectivity index (χ0n) is 18.3. The highest BCUT2D eigenvalue weighted by Crippen LogP contribution is 2.32. The van der Waals surface area contributed by atoms with Crippen LogP contribution in [0.15, 0.2) is 66.1 Å². The van der Waals surface area contributed by atoms with Gasteiger partial charge in [-0.05, 0) is 48.7 Å². The highest BCUT2D eigenvalue weighted by molar-refractivity contribution is 7.89. The average Bonchev–Trinajstić information content (AvgIpc) is 2.83. The van der Waals surface area contributed by atoms with Gasteiger partial charge in [0.1, 0.15) is 5.82 Å². The van der Waals surface area contributed by atoms with Crippen molar-refractivity contribution in [3.05, 3.63) is 77.7 Å². The van der Waals surface area contributed by atoms with Gasteiger partial charge in [-0.1, -0.05) is 18.2 Å². The molecule has 0 saturated heterocycles. The fourth-order valence-electron chi connectivity index (χ4n) is 4.05. The van der Waals surface area contributed by atoms with Crippen molar-refractivity contribution in [3.63, 3.8) is 0 Å². The molecule has 1 aliphatic rings. The predicted molar refractivity (Wildman–Crippen MR) is 126 cm³/mol. The molecule has 168 valence electrons. The summed E-state index contributed by atoms with van der Waals surface area (Å²) in [4.78, 5) is 13.2. The third kappa shape index (κ3) is 4.01. The zero-order chi connectivity index (χ0) is 23.0. The van der Waals surface area contributed by atoms with Crippen molar-refractivity contribution in [2.45, 2.75) is 24.9 Å². The number of methoxy groups -OCH3 is 1. The number of benzene rings is 1. The van der Waals surface area contributed by atoms with E-state index in [9.17, 15) is 8.42 Å². The van der Waals surface area contributed by atoms with E-state index in [2.05, 4.69) is 20.3 Å². The van der Waals surface area contributed by atoms with E-state index in [4.69, 9.17) is 4.74 Å². The highest BCUT2D eigenvalue weighted by atomic mass is 32.2. The van der Waals surface area contributed by atoms with Crippen LogP contribution in [0.3, 0.4) is 0 Å². The molecule has 3 aromatic heterocycles. The lowest BCUT2D eigenvalue weighted by Gasteiger charge is -2.29. The first-order valence-electron chi connectivity index (χ1n) is 10.5. The van der Waals surface area contributed by atoms with Crippen LogP contribution in [0.1, 0.15) is 16.7 Å². The van der Waals surface area contributed by atoms with Gasteiger partial charge in [0.05, 0.1) is 24.5 Å². The number of nitrogens with zero attached hydrogens (tertiary/aromatic N) is 4. The van der Waals surface area contributed by atoms with Crippen LogP contribution in [0.25, 0.3) is 10.9 Å². The van der Waals surface area contributed by atoms with Gasteiger partial charge in [0.2, 0.25) is 5.03 Å². The van der Waals surface area contributed by atoms with Gasteiger partial charge in [0.25, 0.3) is 10.0 Å². The van der Waals surface area contributed by atoms with Gasteiger partial charge in [-0.2, -0.15) is 4.31 Å². The van der Waals surface area contributed by atoms with E-state index >= 15 is 0 Å². The SMILES string of the molecule is COc1cc(C)cnc1S(=O)(=O)N1CCc2c(ccnc2Nc2cnc3ccccc3c2)C1. The van der Waals surface area contributed by atoms with Crippen molar-refractivity contribution < 1.29 is 13.2 Å². The molecule has 0 spiro atoms. The molecule has 0 unspecified atom stereocenters. The molecule has 0 bridgehead atoms. The number of anilines is 2. The molecule has 4 heterocycles. The molecule has 1 aliphatic heterocycles. The Morgan fingerprint density at radius 2 is 1.91 bits per heavy atom. The minimum atomic E-state index is -3.81. The first-order valence-corrected chi connectivity index (χ1v) is 12.0. The van der Waals surface area contributed by atoms with E-state index in [1.807, 2.05) is 43.3 Å². The molecule has 0 saturated carbocycles. The van der Waals surface area contributed by atoms with Gasteiger partial charge in [-0.25, -0.2) is 18.4 Å². The van der Waals surface area contributed by atoms with Crippen LogP contribution in [-0.2, 0) is 23.0 Å². The first-order chi connectivity index (χ1) is 16.0. The van der Waals surface area contributed by atoms with Gasteiger partial charge >= 0.3 is 0 Å². The second-order valence-corrected chi connectivity index (χ2v) is 9.80. The van der Waals surface area contributed by atoms with Crippen LogP contribution < -0.4 is 10.1 Å². The number of ether oxygens (including phenoxy) is 1. The maximum absolute atomic E-state index is 13.3. The Labute approximate surface area is 192 Å². The fraction of sp³-hybridized carbons (Fsp3) is 0.208. The Kier molecular flexibility index (Phi) is 5.43. The van der Waals surface area contributed by atoms with Crippen LogP contribution in [0.4, 0.5) is 11.5 Å². The Bertz CT molecular complexity index is 1460. The normalized spacial score (nSPS) is 14.1. The molecule has 0 aliphatic carbocycles. The van der Waals surface area contributed by atoms with Crippen molar-refractivity contribution in [2.24, 2.45) is 0 Å². The summed E-state index contributed by atoms with van der Waals surface area (Å²) in [5.74, 6) is 0.967. The van der Waals surface area contributed by atoms with Crippen molar-refractivity contribution in [1.29, 1.82) is 0 Å². The number of pyridine rings is 3. The van der Waals surface area contributed by atoms with Gasteiger partial charge < -0.3 is 10.1 Å². The third-order valence-corrected chi connectivity index (χ3v) is 7.51. The number of hydrogen-bond donors (Lipinski definition) is 1. The van der Waals surface area contributed by atoms with E-state index < -0.39 is 10.0 Å². The van der Waals surface area contributed by atoms with Crippen LogP contribution in [0.5, 0.6) is 5.75 Å². The fourth-order valence-corrected chi connectivity index (χ4v) is 5.51. The number of hydrogen-bond acceptors (Lipinski definition) is 7. The van der Waals surface area contributed by atoms with Gasteiger partial charge in [-0.15, -0.1) is 0 Å². The first kappa shape index (κ1) is 21.3. The lowest BCUT2D eigenvalue weighted by atomic mass is 10.0. The summed E-state index contributed by atoms with van der Waals surface area (Å²) in [5, 5.41) is 4.33. The molecule has 1 N–H and O–H groups in total. The van der Waals surface area contributed by atoms with Gasteiger partial charge in [0.15, 0.2) is 5.75 Å². The van der Waals surface area contributed by atoms with E-state index in [1.54, 1.807) is 18.5 Å². The smallest absolute Gasteiger partial charge is 0.264 e. The molecule has 0 amide bonds. The topological polar surface area (TPSA) is 97.3 Å². The Morgan fingerprint density at radius 3 is 2.76 bits per heavy atom. The van der Waals surface area contributed by atoms with Crippen molar-refractivity contribution in [3.8, 4) is 5.75 Å². The van der Waals surface area contributed by atoms with Gasteiger partial charge in [-0.3, -0.25) is 4.98 Å². The van der Waals surface area contributed by atoms with E-state index in [0.29, 0.717) is 18.8 Å². The average molecular weight is 462 g/mol. The lowest BCUT2D eigenvalue weighted by molar-refractivity contribution is 0.373. The zero-order valence-corrected chi connectivity index (χ0v) is 19.1. The maximum Gasteiger partial charge on any atom is 0.264 e. The monoisotopic (exact) mass is 461 g/mol. The summed E-state index contributed by atoms with van der Waals surface area (Å²) in [6, 6.07) is 13.5. The molecule has 8 nitrogen and oxygen atoms in total. The quantitative estimate of drug-likeness (QED) is 0.482. The van der Waals surface area contributed by atoms with Crippen LogP contribution in [0.2, 0.25) is 0 Å². The molecule has 9 heteroatoms. The molecular formula is C24H23N5O3S. The largest absolute Gasteiger partial charge is 0.494 e. The number of fused-ring (bicyclic) bond motifs is 2. The number of nitrogens with one attached hydrogen (secondary N) is 1. The summed E-state index contributed by atoms with van der Waals surface area (Å²) in [6.45, 7) is 2.41. The number of para-hydroxylation sites is 1. The molecule has 33 heavy (non-hydrogen) atoms. The Morgan fingerprint density at radius 1 is 1.06 bits per heavy atom. The highest BCUT2D eigenvalue weighted by Gasteiger charge is 2.33. The van der Waals surface area contributed by atoms with E-state index in [1.165, 1.54) is 17.6 Å². The summed E-state index contributed by atoms with van der Waals surface area (Å²) in [6.07, 6.45) is 5.53. The molecule has 0 fully saturated rings. The second kappa shape index (κ2) is 8.42. The van der Waals surface area contributed by atoms with Crippen molar-refractivity contribution in [2.75, 3.05) is 19.0 Å². The third-order valence-electron chi connectivity index (χ3n) is 5.72. The molecule has 0 radical (unpaired) electrons. The van der Waals surface area contributed by atoms with Crippen molar-refractivity contribution >= 4 is 32.4 Å². The van der Waals surface area contributed by atoms with Crippen LogP contribution in [-0.4, -0.2) is 41.3 Å². The minimum Gasteiger partial charge on any atom is -0.494 e. The minimum absolute atomic E-state index is 0.0614. The summed E-state index contributed by atoms with van der Waals surface area (Å²) < 4.78 is 33.4. The number of sulfonamides is 1. The maximum atomic E-state index is 13.3. The molecule has 4 aromatic rings. The van der Waals surface area contributed by atoms with E-state index in [0.717, 1.165) is 33.3 Å². The van der Waals surface area contributed by atoms with E-state index in [-0.39, 0.29) is 17.3 Å². The Hall–Kier alpha value is -3.56. The predicted octanol–water partition coefficient (Wildman–Crippen LogP) is 3.83.